The van der Waals surface area contributed by atoms with Crippen LogP contribution in [0.1, 0.15) is 0 Å². The molecule has 0 unspecified atom stereocenters. The van der Waals surface area contributed by atoms with Crippen LogP contribution in [0.25, 0.3) is 0 Å². The Morgan fingerprint density at radius 1 is 1.19 bits per heavy atom. The van der Waals surface area contributed by atoms with Gasteiger partial charge in [-0.25, -0.2) is 0 Å². The normalized spacial score (nSPS) is 17.6. The van der Waals surface area contributed by atoms with E-state index in [0.29, 0.717) is 0 Å². The molecule has 0 aromatic carbocycles. The van der Waals surface area contributed by atoms with Crippen LogP contribution in [0.5, 0.6) is 0 Å². The van der Waals surface area contributed by atoms with Crippen LogP contribution in [0, 0.1) is 0 Å². The third-order valence-corrected chi connectivity index (χ3v) is 7.92. The van der Waals surface area contributed by atoms with Crippen molar-refractivity contribution in [3.8, 4) is 0 Å². The topological polar surface area (TPSA) is 38.2 Å². The Balaban J connectivity index is 2.21. The van der Waals surface area contributed by atoms with Crippen molar-refractivity contribution in [3.05, 3.63) is 12.4 Å². The second-order valence-electron chi connectivity index (χ2n) is 5.11. The zero-order chi connectivity index (χ0) is 11.6. The van der Waals surface area contributed by atoms with Crippen LogP contribution in [0.2, 0.25) is 14.8 Å². The molecule has 0 radical (unpaired) electrons. The van der Waals surface area contributed by atoms with Crippen LogP contribution in [0.15, 0.2) is 12.4 Å². The van der Waals surface area contributed by atoms with E-state index in [0.717, 1.165) is 32.1 Å². The number of rotatable bonds is 2. The quantitative estimate of drug-likeness (QED) is 0.755. The fraction of sp³-hybridized carbons (Fsp3) is 0.636. The Hall–Kier alpha value is -0.361. The van der Waals surface area contributed by atoms with E-state index >= 15 is 0 Å². The van der Waals surface area contributed by atoms with Gasteiger partial charge in [0.25, 0.3) is 0 Å². The average Bonchev–Trinajstić information content (AvgIpc) is 2.29. The van der Waals surface area contributed by atoms with E-state index in [9.17, 15) is 0 Å². The second-order valence-corrected chi connectivity index (χ2v) is 19.4. The van der Waals surface area contributed by atoms with Crippen molar-refractivity contribution in [2.45, 2.75) is 14.8 Å². The van der Waals surface area contributed by atoms with E-state index in [-0.39, 0.29) is 0 Å². The predicted octanol–water partition coefficient (Wildman–Crippen LogP) is 0.858. The van der Waals surface area contributed by atoms with Crippen LogP contribution in [-0.2, 0) is 4.74 Å². The first-order valence-corrected chi connectivity index (χ1v) is 15.7. The van der Waals surface area contributed by atoms with Gasteiger partial charge in [-0.05, 0) is 0 Å². The van der Waals surface area contributed by atoms with Crippen LogP contribution < -0.4 is 8.61 Å². The molecule has 1 aliphatic heterocycles. The minimum absolute atomic E-state index is 0.804. The first-order chi connectivity index (χ1) is 7.57. The molecule has 4 nitrogen and oxygen atoms in total. The van der Waals surface area contributed by atoms with Crippen molar-refractivity contribution in [2.75, 3.05) is 31.2 Å². The molecule has 0 N–H and O–H groups in total. The zero-order valence-electron chi connectivity index (χ0n) is 10.2. The van der Waals surface area contributed by atoms with Gasteiger partial charge >= 0.3 is 101 Å². The van der Waals surface area contributed by atoms with Crippen molar-refractivity contribution < 1.29 is 4.74 Å². The molecule has 1 aromatic heterocycles. The summed E-state index contributed by atoms with van der Waals surface area (Å²) in [5, 5.41) is 0. The average molecular weight is 328 g/mol. The second kappa shape index (κ2) is 4.87. The van der Waals surface area contributed by atoms with Gasteiger partial charge in [0.15, 0.2) is 0 Å². The van der Waals surface area contributed by atoms with E-state index in [1.54, 1.807) is 6.33 Å². The van der Waals surface area contributed by atoms with Gasteiger partial charge < -0.3 is 0 Å². The molecule has 1 aliphatic rings. The first-order valence-electron chi connectivity index (χ1n) is 5.72. The van der Waals surface area contributed by atoms with Crippen molar-refractivity contribution in [1.82, 2.24) is 9.97 Å². The third kappa shape index (κ3) is 2.85. The summed E-state index contributed by atoms with van der Waals surface area (Å²) in [6, 6.07) is 2.18. The molecule has 16 heavy (non-hydrogen) atoms. The number of hydrogen-bond acceptors (Lipinski definition) is 4. The maximum atomic E-state index is 5.35. The standard InChI is InChI=1S/C8H10N3O.3CH3.Sn/c1-2-9-7-10-8(1)11-3-5-12-6-4-11;;;;/h1,7H,3-6H2;3*1H3;. The van der Waals surface area contributed by atoms with E-state index in [4.69, 9.17) is 4.74 Å². The van der Waals surface area contributed by atoms with Gasteiger partial charge in [-0.15, -0.1) is 0 Å². The Morgan fingerprint density at radius 2 is 1.88 bits per heavy atom. The van der Waals surface area contributed by atoms with Crippen LogP contribution in [-0.4, -0.2) is 54.6 Å². The van der Waals surface area contributed by atoms with Crippen molar-refractivity contribution in [2.24, 2.45) is 0 Å². The zero-order valence-corrected chi connectivity index (χ0v) is 13.1. The molecule has 1 saturated heterocycles. The molecule has 0 amide bonds. The van der Waals surface area contributed by atoms with Gasteiger partial charge in [0.05, 0.1) is 0 Å². The number of hydrogen-bond donors (Lipinski definition) is 0. The van der Waals surface area contributed by atoms with E-state index in [2.05, 4.69) is 35.8 Å². The summed E-state index contributed by atoms with van der Waals surface area (Å²) in [7, 11) is 0. The molecular weight excluding hydrogens is 309 g/mol. The Kier molecular flexibility index (Phi) is 3.69. The SMILES string of the molecule is [CH3][Sn]([CH3])([CH3])[c]1cc(N2CCOCC2)ncn1. The molecule has 0 bridgehead atoms. The number of morpholine rings is 1. The summed E-state index contributed by atoms with van der Waals surface area (Å²) < 4.78 is 6.64. The van der Waals surface area contributed by atoms with Gasteiger partial charge in [-0.1, -0.05) is 0 Å². The molecule has 1 aromatic rings. The van der Waals surface area contributed by atoms with Gasteiger partial charge in [0.1, 0.15) is 0 Å². The summed E-state index contributed by atoms with van der Waals surface area (Å²) in [6.07, 6.45) is 1.71. The molecule has 0 aliphatic carbocycles. The summed E-state index contributed by atoms with van der Waals surface area (Å²) in [6.45, 7) is 3.49. The predicted molar refractivity (Wildman–Crippen MR) is 68.0 cm³/mol. The Bertz CT molecular complexity index is 358. The molecule has 2 rings (SSSR count). The van der Waals surface area contributed by atoms with E-state index in [1.807, 2.05) is 0 Å². The molecule has 0 atom stereocenters. The van der Waals surface area contributed by atoms with E-state index in [1.165, 1.54) is 3.71 Å². The van der Waals surface area contributed by atoms with Crippen LogP contribution in [0.4, 0.5) is 5.82 Å². The fourth-order valence-electron chi connectivity index (χ4n) is 1.72. The number of ether oxygens (including phenoxy) is 1. The maximum absolute atomic E-state index is 5.35. The van der Waals surface area contributed by atoms with Crippen molar-refractivity contribution in [3.63, 3.8) is 0 Å². The Labute approximate surface area is 101 Å². The summed E-state index contributed by atoms with van der Waals surface area (Å²) in [4.78, 5) is 18.2. The van der Waals surface area contributed by atoms with Crippen molar-refractivity contribution in [1.29, 1.82) is 0 Å². The monoisotopic (exact) mass is 329 g/mol. The molecule has 88 valence electrons. The summed E-state index contributed by atoms with van der Waals surface area (Å²) in [5.41, 5.74) is 0. The Morgan fingerprint density at radius 3 is 2.50 bits per heavy atom. The fourth-order valence-corrected chi connectivity index (χ4v) is 4.60. The minimum atomic E-state index is -2.06. The van der Waals surface area contributed by atoms with Gasteiger partial charge in [-0.2, -0.15) is 0 Å². The van der Waals surface area contributed by atoms with Gasteiger partial charge in [-0.3, -0.25) is 0 Å². The molecule has 5 heteroatoms. The number of aromatic nitrogens is 2. The van der Waals surface area contributed by atoms with Gasteiger partial charge in [0.2, 0.25) is 0 Å². The molecule has 2 heterocycles. The number of nitrogens with zero attached hydrogens (tertiary/aromatic N) is 3. The number of anilines is 1. The molecule has 0 spiro atoms. The van der Waals surface area contributed by atoms with Crippen molar-refractivity contribution >= 4 is 27.9 Å². The molecule has 0 saturated carbocycles. The van der Waals surface area contributed by atoms with Gasteiger partial charge in [0, 0.05) is 0 Å². The molecular formula is C11H19N3OSn. The molecule has 1 fully saturated rings. The first kappa shape index (κ1) is 12.1. The van der Waals surface area contributed by atoms with Crippen LogP contribution >= 0.6 is 0 Å². The van der Waals surface area contributed by atoms with E-state index < -0.39 is 18.4 Å². The summed E-state index contributed by atoms with van der Waals surface area (Å²) >= 11 is -2.06. The third-order valence-electron chi connectivity index (χ3n) is 2.76. The summed E-state index contributed by atoms with van der Waals surface area (Å²) in [5.74, 6) is 1.07. The van der Waals surface area contributed by atoms with Crippen LogP contribution in [0.3, 0.4) is 0 Å².